The first-order valence-corrected chi connectivity index (χ1v) is 7.77. The summed E-state index contributed by atoms with van der Waals surface area (Å²) in [5.41, 5.74) is 2.37. The summed E-state index contributed by atoms with van der Waals surface area (Å²) < 4.78 is 5.79. The summed E-state index contributed by atoms with van der Waals surface area (Å²) in [4.78, 5) is 11.6. The van der Waals surface area contributed by atoms with Crippen LogP contribution in [0, 0.1) is 0 Å². The van der Waals surface area contributed by atoms with Crippen molar-refractivity contribution in [2.24, 2.45) is 5.10 Å². The molecule has 0 aliphatic carbocycles. The minimum atomic E-state index is -1.49. The van der Waals surface area contributed by atoms with Gasteiger partial charge in [-0.2, -0.15) is 5.10 Å². The molecular weight excluding hydrogens is 328 g/mol. The molecule has 0 aromatic heterocycles. The van der Waals surface area contributed by atoms with Crippen LogP contribution in [0.15, 0.2) is 53.6 Å². The van der Waals surface area contributed by atoms with E-state index < -0.39 is 11.5 Å². The lowest BCUT2D eigenvalue weighted by atomic mass is 10.1. The van der Waals surface area contributed by atoms with Crippen molar-refractivity contribution >= 4 is 23.7 Å². The van der Waals surface area contributed by atoms with Gasteiger partial charge in [-0.1, -0.05) is 41.9 Å². The highest BCUT2D eigenvalue weighted by molar-refractivity contribution is 6.31. The summed E-state index contributed by atoms with van der Waals surface area (Å²) in [5.74, 6) is 0.0203. The molecule has 0 saturated heterocycles. The highest BCUT2D eigenvalue weighted by Crippen LogP contribution is 2.20. The van der Waals surface area contributed by atoms with Gasteiger partial charge in [0.05, 0.1) is 6.21 Å². The standard InChI is InChI=1S/C18H19ClN2O3/c1-18(2,23)17(22)21-20-11-13-7-4-6-10-16(13)24-12-14-8-3-5-9-15(14)19/h3-11,23H,12H2,1-2H3,(H,21,22). The molecule has 6 heteroatoms. The summed E-state index contributed by atoms with van der Waals surface area (Å²) in [5, 5.41) is 14.0. The molecule has 0 fully saturated rings. The first-order valence-electron chi connectivity index (χ1n) is 7.39. The molecule has 0 aliphatic rings. The average Bonchev–Trinajstić information content (AvgIpc) is 2.54. The Morgan fingerprint density at radius 1 is 1.25 bits per heavy atom. The van der Waals surface area contributed by atoms with Gasteiger partial charge in [0.25, 0.3) is 5.91 Å². The van der Waals surface area contributed by atoms with E-state index in [9.17, 15) is 9.90 Å². The number of carbonyl (C=O) groups excluding carboxylic acids is 1. The van der Waals surface area contributed by atoms with E-state index in [0.29, 0.717) is 22.9 Å². The third-order valence-electron chi connectivity index (χ3n) is 3.19. The molecule has 1 amide bonds. The monoisotopic (exact) mass is 346 g/mol. The maximum atomic E-state index is 11.6. The van der Waals surface area contributed by atoms with Gasteiger partial charge in [0.1, 0.15) is 18.0 Å². The molecular formula is C18H19ClN2O3. The molecule has 0 unspecified atom stereocenters. The van der Waals surface area contributed by atoms with Crippen molar-refractivity contribution in [3.63, 3.8) is 0 Å². The van der Waals surface area contributed by atoms with Gasteiger partial charge < -0.3 is 9.84 Å². The number of hydrazone groups is 1. The summed E-state index contributed by atoms with van der Waals surface area (Å²) in [6.07, 6.45) is 1.46. The van der Waals surface area contributed by atoms with Crippen molar-refractivity contribution in [3.05, 3.63) is 64.7 Å². The van der Waals surface area contributed by atoms with Crippen LogP contribution in [0.5, 0.6) is 5.75 Å². The number of nitrogens with zero attached hydrogens (tertiary/aromatic N) is 1. The number of carbonyl (C=O) groups is 1. The molecule has 0 bridgehead atoms. The fraction of sp³-hybridized carbons (Fsp3) is 0.222. The second-order valence-corrected chi connectivity index (χ2v) is 6.08. The maximum absolute atomic E-state index is 11.6. The lowest BCUT2D eigenvalue weighted by Crippen LogP contribution is -2.39. The van der Waals surface area contributed by atoms with Gasteiger partial charge in [-0.05, 0) is 32.0 Å². The van der Waals surface area contributed by atoms with Crippen molar-refractivity contribution in [2.45, 2.75) is 26.1 Å². The zero-order valence-corrected chi connectivity index (χ0v) is 14.2. The summed E-state index contributed by atoms with van der Waals surface area (Å²) >= 11 is 6.11. The SMILES string of the molecule is CC(C)(O)C(=O)NN=Cc1ccccc1OCc1ccccc1Cl. The molecule has 0 radical (unpaired) electrons. The lowest BCUT2D eigenvalue weighted by Gasteiger charge is -2.13. The van der Waals surface area contributed by atoms with Gasteiger partial charge in [0.15, 0.2) is 0 Å². The van der Waals surface area contributed by atoms with E-state index in [2.05, 4.69) is 10.5 Å². The van der Waals surface area contributed by atoms with E-state index in [1.54, 1.807) is 12.1 Å². The van der Waals surface area contributed by atoms with Gasteiger partial charge in [-0.15, -0.1) is 0 Å². The molecule has 0 spiro atoms. The molecule has 24 heavy (non-hydrogen) atoms. The van der Waals surface area contributed by atoms with Crippen molar-refractivity contribution in [1.82, 2.24) is 5.43 Å². The van der Waals surface area contributed by atoms with Crippen molar-refractivity contribution < 1.29 is 14.6 Å². The minimum Gasteiger partial charge on any atom is -0.488 e. The summed E-state index contributed by atoms with van der Waals surface area (Å²) in [7, 11) is 0. The molecule has 126 valence electrons. The van der Waals surface area contributed by atoms with E-state index in [1.807, 2.05) is 36.4 Å². The van der Waals surface area contributed by atoms with E-state index in [4.69, 9.17) is 16.3 Å². The van der Waals surface area contributed by atoms with Crippen LogP contribution >= 0.6 is 11.6 Å². The zero-order chi connectivity index (χ0) is 17.6. The Kier molecular flexibility index (Phi) is 5.95. The predicted molar refractivity (Wildman–Crippen MR) is 94.3 cm³/mol. The number of rotatable bonds is 6. The Labute approximate surface area is 145 Å². The highest BCUT2D eigenvalue weighted by atomic mass is 35.5. The Morgan fingerprint density at radius 2 is 1.92 bits per heavy atom. The van der Waals surface area contributed by atoms with Gasteiger partial charge in [-0.25, -0.2) is 5.43 Å². The van der Waals surface area contributed by atoms with Crippen molar-refractivity contribution in [2.75, 3.05) is 0 Å². The number of nitrogens with one attached hydrogen (secondary N) is 1. The fourth-order valence-corrected chi connectivity index (χ4v) is 1.98. The molecule has 5 nitrogen and oxygen atoms in total. The zero-order valence-electron chi connectivity index (χ0n) is 13.5. The predicted octanol–water partition coefficient (Wildman–Crippen LogP) is 3.14. The Balaban J connectivity index is 2.05. The Hall–Kier alpha value is -2.37. The highest BCUT2D eigenvalue weighted by Gasteiger charge is 2.22. The largest absolute Gasteiger partial charge is 0.488 e. The van der Waals surface area contributed by atoms with Crippen LogP contribution in [0.1, 0.15) is 25.0 Å². The molecule has 0 aliphatic heterocycles. The Bertz CT molecular complexity index is 739. The van der Waals surface area contributed by atoms with Crippen LogP contribution in [0.4, 0.5) is 0 Å². The normalized spacial score (nSPS) is 11.5. The molecule has 0 heterocycles. The maximum Gasteiger partial charge on any atom is 0.271 e. The first kappa shape index (κ1) is 18.0. The molecule has 2 N–H and O–H groups in total. The van der Waals surface area contributed by atoms with Crippen LogP contribution in [0.3, 0.4) is 0 Å². The number of amides is 1. The van der Waals surface area contributed by atoms with E-state index in [1.165, 1.54) is 20.1 Å². The number of hydrogen-bond acceptors (Lipinski definition) is 4. The average molecular weight is 347 g/mol. The number of halogens is 1. The van der Waals surface area contributed by atoms with Crippen LogP contribution < -0.4 is 10.2 Å². The van der Waals surface area contributed by atoms with Crippen LogP contribution in [-0.4, -0.2) is 22.8 Å². The minimum absolute atomic E-state index is 0.320. The van der Waals surface area contributed by atoms with Gasteiger partial charge in [0, 0.05) is 16.1 Å². The first-order chi connectivity index (χ1) is 11.4. The molecule has 2 rings (SSSR count). The molecule has 0 atom stereocenters. The van der Waals surface area contributed by atoms with Gasteiger partial charge in [-0.3, -0.25) is 4.79 Å². The van der Waals surface area contributed by atoms with Gasteiger partial charge >= 0.3 is 0 Å². The second kappa shape index (κ2) is 7.95. The number of hydrogen-bond donors (Lipinski definition) is 2. The van der Waals surface area contributed by atoms with Crippen LogP contribution in [0.2, 0.25) is 5.02 Å². The lowest BCUT2D eigenvalue weighted by molar-refractivity contribution is -0.136. The van der Waals surface area contributed by atoms with Crippen LogP contribution in [0.25, 0.3) is 0 Å². The third kappa shape index (κ3) is 5.08. The molecule has 2 aromatic carbocycles. The van der Waals surface area contributed by atoms with Crippen LogP contribution in [-0.2, 0) is 11.4 Å². The smallest absolute Gasteiger partial charge is 0.271 e. The van der Waals surface area contributed by atoms with E-state index >= 15 is 0 Å². The summed E-state index contributed by atoms with van der Waals surface area (Å²) in [6, 6.07) is 14.7. The van der Waals surface area contributed by atoms with Gasteiger partial charge in [0.2, 0.25) is 0 Å². The number of aliphatic hydroxyl groups is 1. The topological polar surface area (TPSA) is 70.9 Å². The number of benzene rings is 2. The number of para-hydroxylation sites is 1. The van der Waals surface area contributed by atoms with Crippen molar-refractivity contribution in [3.8, 4) is 5.75 Å². The summed E-state index contributed by atoms with van der Waals surface area (Å²) in [6.45, 7) is 3.09. The second-order valence-electron chi connectivity index (χ2n) is 5.68. The van der Waals surface area contributed by atoms with Crippen molar-refractivity contribution in [1.29, 1.82) is 0 Å². The van der Waals surface area contributed by atoms with E-state index in [-0.39, 0.29) is 0 Å². The molecule has 0 saturated carbocycles. The fourth-order valence-electron chi connectivity index (χ4n) is 1.79. The third-order valence-corrected chi connectivity index (χ3v) is 3.55. The quantitative estimate of drug-likeness (QED) is 0.623. The number of ether oxygens (including phenoxy) is 1. The van der Waals surface area contributed by atoms with E-state index in [0.717, 1.165) is 5.56 Å². The Morgan fingerprint density at radius 3 is 2.62 bits per heavy atom. The molecule has 2 aromatic rings.